The number of nitrogens with zero attached hydrogens (tertiary/aromatic N) is 1. The fraction of sp³-hybridized carbons (Fsp3) is 0.0870. The zero-order valence-electron chi connectivity index (χ0n) is 16.6. The molecule has 0 unspecified atom stereocenters. The maximum atomic E-state index is 12.1. The highest BCUT2D eigenvalue weighted by Gasteiger charge is 2.09. The molecule has 0 atom stereocenters. The molecule has 0 bridgehead atoms. The Labute approximate surface area is 200 Å². The van der Waals surface area contributed by atoms with Gasteiger partial charge >= 0.3 is 0 Å². The molecule has 2 N–H and O–H groups in total. The van der Waals surface area contributed by atoms with E-state index in [1.54, 1.807) is 18.2 Å². The number of benzene rings is 3. The van der Waals surface area contributed by atoms with Crippen LogP contribution in [0.3, 0.4) is 0 Å². The molecule has 3 aromatic rings. The molecule has 0 fully saturated rings. The smallest absolute Gasteiger partial charge is 0.259 e. The van der Waals surface area contributed by atoms with Crippen molar-refractivity contribution in [1.29, 1.82) is 0 Å². The Hall–Kier alpha value is -3.06. The van der Waals surface area contributed by atoms with E-state index in [4.69, 9.17) is 39.5 Å². The van der Waals surface area contributed by atoms with Crippen LogP contribution in [0.5, 0.6) is 5.75 Å². The summed E-state index contributed by atoms with van der Waals surface area (Å²) in [5, 5.41) is 7.66. The number of nitrogens with one attached hydrogen (secondary N) is 2. The monoisotopic (exact) mass is 489 g/mol. The van der Waals surface area contributed by atoms with Crippen molar-refractivity contribution in [2.75, 3.05) is 6.54 Å². The van der Waals surface area contributed by atoms with Crippen LogP contribution in [-0.2, 0) is 11.4 Å². The highest BCUT2D eigenvalue weighted by atomic mass is 35.5. The van der Waals surface area contributed by atoms with Crippen LogP contribution < -0.4 is 15.5 Å². The number of rotatable bonds is 8. The third kappa shape index (κ3) is 7.27. The van der Waals surface area contributed by atoms with E-state index in [9.17, 15) is 9.59 Å². The van der Waals surface area contributed by atoms with Gasteiger partial charge in [0.25, 0.3) is 11.8 Å². The second-order valence-electron chi connectivity index (χ2n) is 6.59. The van der Waals surface area contributed by atoms with Gasteiger partial charge in [-0.1, -0.05) is 59.1 Å². The number of halogens is 3. The van der Waals surface area contributed by atoms with E-state index in [0.29, 0.717) is 28.0 Å². The molecule has 2 amide bonds. The van der Waals surface area contributed by atoms with Crippen molar-refractivity contribution in [1.82, 2.24) is 10.7 Å². The van der Waals surface area contributed by atoms with E-state index >= 15 is 0 Å². The normalized spacial score (nSPS) is 10.7. The molecular formula is C23H18Cl3N3O3. The summed E-state index contributed by atoms with van der Waals surface area (Å²) in [5.41, 5.74) is 4.38. The summed E-state index contributed by atoms with van der Waals surface area (Å²) in [6, 6.07) is 19.1. The van der Waals surface area contributed by atoms with E-state index in [1.165, 1.54) is 24.4 Å². The average molecular weight is 491 g/mol. The summed E-state index contributed by atoms with van der Waals surface area (Å²) < 4.78 is 5.77. The number of ether oxygens (including phenoxy) is 1. The number of carbonyl (C=O) groups excluding carboxylic acids is 2. The number of amides is 2. The zero-order chi connectivity index (χ0) is 22.9. The largest absolute Gasteiger partial charge is 0.489 e. The third-order valence-corrected chi connectivity index (χ3v) is 5.16. The van der Waals surface area contributed by atoms with Gasteiger partial charge in [-0.05, 0) is 53.6 Å². The minimum absolute atomic E-state index is 0.249. The van der Waals surface area contributed by atoms with Crippen LogP contribution >= 0.6 is 34.8 Å². The molecule has 0 spiro atoms. The number of hydrogen-bond donors (Lipinski definition) is 2. The number of hydrogen-bond acceptors (Lipinski definition) is 4. The molecule has 3 aromatic carbocycles. The average Bonchev–Trinajstić information content (AvgIpc) is 2.79. The van der Waals surface area contributed by atoms with Crippen LogP contribution in [0.25, 0.3) is 0 Å². The molecule has 0 aliphatic heterocycles. The van der Waals surface area contributed by atoms with Crippen molar-refractivity contribution in [3.63, 3.8) is 0 Å². The quantitative estimate of drug-likeness (QED) is 0.340. The summed E-state index contributed by atoms with van der Waals surface area (Å²) in [5.74, 6) is -0.276. The molecule has 6 nitrogen and oxygen atoms in total. The van der Waals surface area contributed by atoms with Gasteiger partial charge in [0.15, 0.2) is 0 Å². The molecule has 164 valence electrons. The molecule has 0 saturated heterocycles. The number of carbonyl (C=O) groups is 2. The van der Waals surface area contributed by atoms with Gasteiger partial charge in [-0.2, -0.15) is 5.10 Å². The van der Waals surface area contributed by atoms with Crippen molar-refractivity contribution >= 4 is 52.8 Å². The Morgan fingerprint density at radius 2 is 1.72 bits per heavy atom. The number of hydrazone groups is 1. The SMILES string of the molecule is O=C(CNC(=O)c1ccc(Cl)c(Cl)c1)NN=Cc1cccc(OCc2ccc(Cl)cc2)c1. The van der Waals surface area contributed by atoms with E-state index < -0.39 is 11.8 Å². The van der Waals surface area contributed by atoms with Crippen molar-refractivity contribution in [2.24, 2.45) is 5.10 Å². The van der Waals surface area contributed by atoms with Gasteiger partial charge in [0, 0.05) is 10.6 Å². The first-order valence-electron chi connectivity index (χ1n) is 9.43. The Morgan fingerprint density at radius 1 is 0.938 bits per heavy atom. The minimum Gasteiger partial charge on any atom is -0.489 e. The molecule has 3 rings (SSSR count). The lowest BCUT2D eigenvalue weighted by Crippen LogP contribution is -2.34. The van der Waals surface area contributed by atoms with Gasteiger partial charge in [-0.15, -0.1) is 0 Å². The Balaban J connectivity index is 1.46. The summed E-state index contributed by atoms with van der Waals surface area (Å²) in [6.45, 7) is 0.147. The molecule has 0 heterocycles. The van der Waals surface area contributed by atoms with E-state index in [-0.39, 0.29) is 11.6 Å². The maximum Gasteiger partial charge on any atom is 0.259 e. The molecule has 32 heavy (non-hydrogen) atoms. The van der Waals surface area contributed by atoms with Gasteiger partial charge in [0.2, 0.25) is 0 Å². The lowest BCUT2D eigenvalue weighted by Gasteiger charge is -2.07. The highest BCUT2D eigenvalue weighted by molar-refractivity contribution is 6.42. The summed E-state index contributed by atoms with van der Waals surface area (Å²) in [6.07, 6.45) is 1.48. The van der Waals surface area contributed by atoms with Crippen LogP contribution in [0, 0.1) is 0 Å². The van der Waals surface area contributed by atoms with Gasteiger partial charge in [0.05, 0.1) is 22.8 Å². The van der Waals surface area contributed by atoms with Gasteiger partial charge in [-0.25, -0.2) is 5.43 Å². The van der Waals surface area contributed by atoms with Crippen LogP contribution in [-0.4, -0.2) is 24.6 Å². The molecule has 0 saturated carbocycles. The zero-order valence-corrected chi connectivity index (χ0v) is 18.9. The Morgan fingerprint density at radius 3 is 2.47 bits per heavy atom. The first-order valence-corrected chi connectivity index (χ1v) is 10.6. The van der Waals surface area contributed by atoms with Gasteiger partial charge < -0.3 is 10.1 Å². The molecule has 0 aromatic heterocycles. The van der Waals surface area contributed by atoms with Gasteiger partial charge in [0.1, 0.15) is 12.4 Å². The molecule has 0 aliphatic rings. The van der Waals surface area contributed by atoms with Crippen LogP contribution in [0.1, 0.15) is 21.5 Å². The van der Waals surface area contributed by atoms with E-state index in [0.717, 1.165) is 11.1 Å². The Kier molecular flexibility index (Phi) is 8.50. The van der Waals surface area contributed by atoms with Crippen LogP contribution in [0.4, 0.5) is 0 Å². The summed E-state index contributed by atoms with van der Waals surface area (Å²) >= 11 is 17.6. The predicted molar refractivity (Wildman–Crippen MR) is 127 cm³/mol. The topological polar surface area (TPSA) is 79.8 Å². The summed E-state index contributed by atoms with van der Waals surface area (Å²) in [4.78, 5) is 24.0. The van der Waals surface area contributed by atoms with Crippen molar-refractivity contribution < 1.29 is 14.3 Å². The lowest BCUT2D eigenvalue weighted by molar-refractivity contribution is -0.120. The van der Waals surface area contributed by atoms with Crippen LogP contribution in [0.15, 0.2) is 71.8 Å². The third-order valence-electron chi connectivity index (χ3n) is 4.17. The first-order chi connectivity index (χ1) is 15.4. The first kappa shape index (κ1) is 23.6. The maximum absolute atomic E-state index is 12.1. The van der Waals surface area contributed by atoms with Crippen molar-refractivity contribution in [2.45, 2.75) is 6.61 Å². The second-order valence-corrected chi connectivity index (χ2v) is 7.84. The standard InChI is InChI=1S/C23H18Cl3N3O3/c24-18-7-4-15(5-8-18)14-32-19-3-1-2-16(10-19)12-28-29-22(30)13-27-23(31)17-6-9-20(25)21(26)11-17/h1-12H,13-14H2,(H,27,31)(H,29,30). The molecular weight excluding hydrogens is 473 g/mol. The van der Waals surface area contributed by atoms with E-state index in [2.05, 4.69) is 15.8 Å². The second kappa shape index (κ2) is 11.5. The molecule has 9 heteroatoms. The highest BCUT2D eigenvalue weighted by Crippen LogP contribution is 2.22. The van der Waals surface area contributed by atoms with Crippen LogP contribution in [0.2, 0.25) is 15.1 Å². The van der Waals surface area contributed by atoms with Crippen molar-refractivity contribution in [3.05, 3.63) is 98.5 Å². The summed E-state index contributed by atoms with van der Waals surface area (Å²) in [7, 11) is 0. The van der Waals surface area contributed by atoms with E-state index in [1.807, 2.05) is 30.3 Å². The minimum atomic E-state index is -0.482. The fourth-order valence-corrected chi connectivity index (χ4v) is 2.97. The van der Waals surface area contributed by atoms with Crippen molar-refractivity contribution in [3.8, 4) is 5.75 Å². The predicted octanol–water partition coefficient (Wildman–Crippen LogP) is 5.11. The molecule has 0 radical (unpaired) electrons. The van der Waals surface area contributed by atoms with Gasteiger partial charge in [-0.3, -0.25) is 9.59 Å². The Bertz CT molecular complexity index is 1130. The lowest BCUT2D eigenvalue weighted by atomic mass is 10.2. The fourth-order valence-electron chi connectivity index (χ4n) is 2.55. The molecule has 0 aliphatic carbocycles.